The SMILES string of the molecule is CC(Cc1ccco1)NCC1CCCCCC1. The van der Waals surface area contributed by atoms with Crippen LogP contribution in [0.25, 0.3) is 0 Å². The largest absolute Gasteiger partial charge is 0.469 e. The normalized spacial score (nSPS) is 20.1. The van der Waals surface area contributed by atoms with Gasteiger partial charge >= 0.3 is 0 Å². The van der Waals surface area contributed by atoms with Crippen molar-refractivity contribution in [3.05, 3.63) is 24.2 Å². The molecule has 1 aliphatic rings. The smallest absolute Gasteiger partial charge is 0.105 e. The highest BCUT2D eigenvalue weighted by Crippen LogP contribution is 2.22. The fourth-order valence-electron chi connectivity index (χ4n) is 2.74. The van der Waals surface area contributed by atoms with E-state index in [0.29, 0.717) is 6.04 Å². The number of nitrogens with one attached hydrogen (secondary N) is 1. The molecule has 96 valence electrons. The van der Waals surface area contributed by atoms with E-state index in [1.54, 1.807) is 6.26 Å². The third-order valence-electron chi connectivity index (χ3n) is 3.82. The molecule has 17 heavy (non-hydrogen) atoms. The molecule has 2 heteroatoms. The molecule has 1 N–H and O–H groups in total. The van der Waals surface area contributed by atoms with Crippen LogP contribution >= 0.6 is 0 Å². The highest BCUT2D eigenvalue weighted by molar-refractivity contribution is 4.99. The highest BCUT2D eigenvalue weighted by atomic mass is 16.3. The minimum atomic E-state index is 0.518. The van der Waals surface area contributed by atoms with Crippen LogP contribution in [0.5, 0.6) is 0 Å². The summed E-state index contributed by atoms with van der Waals surface area (Å²) in [6.07, 6.45) is 11.3. The number of rotatable bonds is 5. The predicted octanol–water partition coefficient (Wildman–Crippen LogP) is 3.77. The number of hydrogen-bond acceptors (Lipinski definition) is 2. The van der Waals surface area contributed by atoms with Crippen LogP contribution in [0, 0.1) is 5.92 Å². The molecular weight excluding hydrogens is 210 g/mol. The predicted molar refractivity (Wildman–Crippen MR) is 71.1 cm³/mol. The van der Waals surface area contributed by atoms with Crippen molar-refractivity contribution >= 4 is 0 Å². The van der Waals surface area contributed by atoms with Gasteiger partial charge in [-0.3, -0.25) is 0 Å². The van der Waals surface area contributed by atoms with E-state index in [-0.39, 0.29) is 0 Å². The monoisotopic (exact) mass is 235 g/mol. The molecule has 1 unspecified atom stereocenters. The minimum Gasteiger partial charge on any atom is -0.469 e. The van der Waals surface area contributed by atoms with E-state index in [1.165, 1.54) is 45.1 Å². The molecule has 1 atom stereocenters. The van der Waals surface area contributed by atoms with E-state index in [2.05, 4.69) is 18.3 Å². The first kappa shape index (κ1) is 12.7. The Hall–Kier alpha value is -0.760. The summed E-state index contributed by atoms with van der Waals surface area (Å²) in [7, 11) is 0. The molecule has 0 bridgehead atoms. The molecule has 0 aliphatic heterocycles. The molecule has 0 saturated heterocycles. The Morgan fingerprint density at radius 2 is 2.06 bits per heavy atom. The lowest BCUT2D eigenvalue weighted by Crippen LogP contribution is -2.32. The molecule has 2 rings (SSSR count). The second-order valence-corrected chi connectivity index (χ2v) is 5.45. The lowest BCUT2D eigenvalue weighted by Gasteiger charge is -2.18. The summed E-state index contributed by atoms with van der Waals surface area (Å²) in [6, 6.07) is 4.54. The van der Waals surface area contributed by atoms with Gasteiger partial charge in [0.25, 0.3) is 0 Å². The summed E-state index contributed by atoms with van der Waals surface area (Å²) in [5, 5.41) is 3.66. The fourth-order valence-corrected chi connectivity index (χ4v) is 2.74. The quantitative estimate of drug-likeness (QED) is 0.786. The molecular formula is C15H25NO. The van der Waals surface area contributed by atoms with E-state index >= 15 is 0 Å². The lowest BCUT2D eigenvalue weighted by atomic mass is 10.00. The average molecular weight is 235 g/mol. The zero-order valence-corrected chi connectivity index (χ0v) is 11.0. The number of hydrogen-bond donors (Lipinski definition) is 1. The molecule has 1 heterocycles. The van der Waals surface area contributed by atoms with E-state index in [4.69, 9.17) is 4.42 Å². The van der Waals surface area contributed by atoms with Crippen molar-refractivity contribution in [2.75, 3.05) is 6.54 Å². The van der Waals surface area contributed by atoms with E-state index in [0.717, 1.165) is 18.1 Å². The maximum Gasteiger partial charge on any atom is 0.105 e. The zero-order valence-electron chi connectivity index (χ0n) is 11.0. The molecule has 1 aromatic heterocycles. The molecule has 2 nitrogen and oxygen atoms in total. The van der Waals surface area contributed by atoms with Gasteiger partial charge in [0.05, 0.1) is 6.26 Å². The van der Waals surface area contributed by atoms with Crippen molar-refractivity contribution < 1.29 is 4.42 Å². The van der Waals surface area contributed by atoms with Gasteiger partial charge in [0.15, 0.2) is 0 Å². The highest BCUT2D eigenvalue weighted by Gasteiger charge is 2.13. The molecule has 1 aliphatic carbocycles. The molecule has 1 saturated carbocycles. The minimum absolute atomic E-state index is 0.518. The van der Waals surface area contributed by atoms with Crippen LogP contribution < -0.4 is 5.32 Å². The van der Waals surface area contributed by atoms with Gasteiger partial charge in [-0.25, -0.2) is 0 Å². The van der Waals surface area contributed by atoms with E-state index in [9.17, 15) is 0 Å². The molecule has 0 aromatic carbocycles. The summed E-state index contributed by atoms with van der Waals surface area (Å²) >= 11 is 0. The standard InChI is InChI=1S/C15H25NO/c1-13(11-15-9-6-10-17-15)16-12-14-7-4-2-3-5-8-14/h6,9-10,13-14,16H,2-5,7-8,11-12H2,1H3. The van der Waals surface area contributed by atoms with Crippen molar-refractivity contribution in [2.45, 2.75) is 57.9 Å². The van der Waals surface area contributed by atoms with Gasteiger partial charge in [-0.2, -0.15) is 0 Å². The van der Waals surface area contributed by atoms with E-state index in [1.807, 2.05) is 6.07 Å². The summed E-state index contributed by atoms with van der Waals surface area (Å²) in [5.74, 6) is 1.99. The summed E-state index contributed by atoms with van der Waals surface area (Å²) in [5.41, 5.74) is 0. The van der Waals surface area contributed by atoms with Crippen LogP contribution in [0.15, 0.2) is 22.8 Å². The summed E-state index contributed by atoms with van der Waals surface area (Å²) in [4.78, 5) is 0. The lowest BCUT2D eigenvalue weighted by molar-refractivity contribution is 0.385. The maximum absolute atomic E-state index is 5.38. The van der Waals surface area contributed by atoms with Crippen LogP contribution in [0.4, 0.5) is 0 Å². The Bertz CT molecular complexity index is 286. The zero-order chi connectivity index (χ0) is 11.9. The first-order valence-electron chi connectivity index (χ1n) is 7.10. The average Bonchev–Trinajstić information content (AvgIpc) is 2.68. The molecule has 1 aromatic rings. The summed E-state index contributed by atoms with van der Waals surface area (Å²) < 4.78 is 5.38. The summed E-state index contributed by atoms with van der Waals surface area (Å²) in [6.45, 7) is 3.43. The van der Waals surface area contributed by atoms with Crippen LogP contribution in [0.3, 0.4) is 0 Å². The Labute approximate surface area is 105 Å². The number of furan rings is 1. The molecule has 0 radical (unpaired) electrons. The van der Waals surface area contributed by atoms with Crippen LogP contribution in [0.1, 0.15) is 51.2 Å². The van der Waals surface area contributed by atoms with Crippen molar-refractivity contribution in [1.82, 2.24) is 5.32 Å². The third-order valence-corrected chi connectivity index (χ3v) is 3.82. The van der Waals surface area contributed by atoms with E-state index < -0.39 is 0 Å². The van der Waals surface area contributed by atoms with Crippen molar-refractivity contribution in [2.24, 2.45) is 5.92 Å². The fraction of sp³-hybridized carbons (Fsp3) is 0.733. The van der Waals surface area contributed by atoms with Gasteiger partial charge < -0.3 is 9.73 Å². The van der Waals surface area contributed by atoms with Crippen LogP contribution in [-0.2, 0) is 6.42 Å². The first-order valence-corrected chi connectivity index (χ1v) is 7.10. The Morgan fingerprint density at radius 3 is 2.71 bits per heavy atom. The van der Waals surface area contributed by atoms with Crippen LogP contribution in [0.2, 0.25) is 0 Å². The van der Waals surface area contributed by atoms with Gasteiger partial charge in [0, 0.05) is 12.5 Å². The second kappa shape index (κ2) is 6.85. The molecule has 0 amide bonds. The van der Waals surface area contributed by atoms with Gasteiger partial charge in [0.2, 0.25) is 0 Å². The molecule has 1 fully saturated rings. The third kappa shape index (κ3) is 4.55. The molecule has 0 spiro atoms. The second-order valence-electron chi connectivity index (χ2n) is 5.45. The topological polar surface area (TPSA) is 25.2 Å². The van der Waals surface area contributed by atoms with Crippen molar-refractivity contribution in [1.29, 1.82) is 0 Å². The van der Waals surface area contributed by atoms with Gasteiger partial charge in [0.1, 0.15) is 5.76 Å². The Morgan fingerprint density at radius 1 is 1.29 bits per heavy atom. The maximum atomic E-state index is 5.38. The van der Waals surface area contributed by atoms with Gasteiger partial charge in [-0.05, 0) is 44.4 Å². The van der Waals surface area contributed by atoms with Crippen LogP contribution in [-0.4, -0.2) is 12.6 Å². The van der Waals surface area contributed by atoms with Crippen molar-refractivity contribution in [3.63, 3.8) is 0 Å². The Kier molecular flexibility index (Phi) is 5.11. The van der Waals surface area contributed by atoms with Crippen molar-refractivity contribution in [3.8, 4) is 0 Å². The van der Waals surface area contributed by atoms with Gasteiger partial charge in [-0.15, -0.1) is 0 Å². The Balaban J connectivity index is 1.66. The first-order chi connectivity index (χ1) is 8.34. The van der Waals surface area contributed by atoms with Gasteiger partial charge in [-0.1, -0.05) is 25.7 Å².